The summed E-state index contributed by atoms with van der Waals surface area (Å²) in [7, 11) is 0. The maximum absolute atomic E-state index is 10.3. The average molecular weight is 511 g/mol. The van der Waals surface area contributed by atoms with Gasteiger partial charge in [-0.1, -0.05) is 78.9 Å². The summed E-state index contributed by atoms with van der Waals surface area (Å²) in [5.41, 5.74) is 8.84. The molecule has 0 saturated heterocycles. The number of fused-ring (bicyclic) bond motifs is 6. The van der Waals surface area contributed by atoms with Crippen molar-refractivity contribution in [3.8, 4) is 28.6 Å². The van der Waals surface area contributed by atoms with Crippen LogP contribution in [0, 0.1) is 11.3 Å². The Hall–Kier alpha value is -5.66. The number of rotatable bonds is 3. The van der Waals surface area contributed by atoms with Gasteiger partial charge in [0.1, 0.15) is 6.07 Å². The van der Waals surface area contributed by atoms with Gasteiger partial charge in [0.05, 0.1) is 45.2 Å². The molecule has 4 heteroatoms. The van der Waals surface area contributed by atoms with Gasteiger partial charge in [0, 0.05) is 33.3 Å². The Morgan fingerprint density at radius 3 is 1.52 bits per heavy atom. The normalized spacial score (nSPS) is 11.5. The van der Waals surface area contributed by atoms with Crippen LogP contribution in [0.25, 0.3) is 66.1 Å². The molecule has 0 saturated carbocycles. The van der Waals surface area contributed by atoms with E-state index in [4.69, 9.17) is 0 Å². The van der Waals surface area contributed by atoms with E-state index in [0.717, 1.165) is 44.6 Å². The minimum Gasteiger partial charge on any atom is -0.308 e. The summed E-state index contributed by atoms with van der Waals surface area (Å²) in [4.78, 5) is 4.63. The third-order valence-corrected chi connectivity index (χ3v) is 7.83. The van der Waals surface area contributed by atoms with Gasteiger partial charge in [0.25, 0.3) is 0 Å². The molecule has 186 valence electrons. The third kappa shape index (κ3) is 3.22. The van der Waals surface area contributed by atoms with Gasteiger partial charge < -0.3 is 9.13 Å². The second kappa shape index (κ2) is 8.69. The van der Waals surface area contributed by atoms with Crippen LogP contribution in [-0.2, 0) is 0 Å². The van der Waals surface area contributed by atoms with E-state index in [2.05, 4.69) is 123 Å². The van der Waals surface area contributed by atoms with Crippen LogP contribution < -0.4 is 0 Å². The van der Waals surface area contributed by atoms with Crippen LogP contribution in [0.15, 0.2) is 134 Å². The largest absolute Gasteiger partial charge is 0.308 e. The lowest BCUT2D eigenvalue weighted by Crippen LogP contribution is -1.99. The topological polar surface area (TPSA) is 46.5 Å². The second-order valence-corrected chi connectivity index (χ2v) is 10.0. The maximum Gasteiger partial charge on any atom is 0.101 e. The highest BCUT2D eigenvalue weighted by molar-refractivity contribution is 6.10. The lowest BCUT2D eigenvalue weighted by atomic mass is 10.0. The minimum absolute atomic E-state index is 0.617. The number of nitriles is 1. The summed E-state index contributed by atoms with van der Waals surface area (Å²) < 4.78 is 4.46. The quantitative estimate of drug-likeness (QED) is 0.238. The molecule has 0 N–H and O–H groups in total. The zero-order valence-corrected chi connectivity index (χ0v) is 21.5. The smallest absolute Gasteiger partial charge is 0.101 e. The van der Waals surface area contributed by atoms with Crippen molar-refractivity contribution in [3.63, 3.8) is 0 Å². The first-order valence-electron chi connectivity index (χ1n) is 13.3. The summed E-state index contributed by atoms with van der Waals surface area (Å²) in [5, 5.41) is 15.1. The highest BCUT2D eigenvalue weighted by atomic mass is 15.0. The van der Waals surface area contributed by atoms with Gasteiger partial charge in [0.15, 0.2) is 0 Å². The number of hydrogen-bond acceptors (Lipinski definition) is 2. The summed E-state index contributed by atoms with van der Waals surface area (Å²) >= 11 is 0. The summed E-state index contributed by atoms with van der Waals surface area (Å²) in [5.74, 6) is 0. The van der Waals surface area contributed by atoms with Crippen molar-refractivity contribution < 1.29 is 0 Å². The molecule has 0 atom stereocenters. The molecule has 0 unspecified atom stereocenters. The van der Waals surface area contributed by atoms with Gasteiger partial charge in [-0.15, -0.1) is 0 Å². The molecule has 0 fully saturated rings. The second-order valence-electron chi connectivity index (χ2n) is 10.0. The predicted octanol–water partition coefficient (Wildman–Crippen LogP) is 8.81. The SMILES string of the molecule is N#Cc1cc(-c2cncc(-n3c4ccccc4c4ccccc43)c2)ccc1-n1c2ccccc2c2ccccc21. The van der Waals surface area contributed by atoms with E-state index in [1.165, 1.54) is 21.5 Å². The van der Waals surface area contributed by atoms with E-state index >= 15 is 0 Å². The van der Waals surface area contributed by atoms with E-state index < -0.39 is 0 Å². The van der Waals surface area contributed by atoms with Gasteiger partial charge in [-0.25, -0.2) is 0 Å². The van der Waals surface area contributed by atoms with E-state index in [-0.39, 0.29) is 0 Å². The molecule has 8 rings (SSSR count). The van der Waals surface area contributed by atoms with Gasteiger partial charge in [0.2, 0.25) is 0 Å². The molecule has 3 aromatic heterocycles. The molecule has 5 aromatic carbocycles. The Bertz CT molecular complexity index is 2190. The van der Waals surface area contributed by atoms with Crippen molar-refractivity contribution in [2.45, 2.75) is 0 Å². The monoisotopic (exact) mass is 510 g/mol. The molecule has 4 nitrogen and oxygen atoms in total. The Labute approximate surface area is 230 Å². The first kappa shape index (κ1) is 22.3. The van der Waals surface area contributed by atoms with Crippen LogP contribution in [0.5, 0.6) is 0 Å². The molecule has 3 heterocycles. The highest BCUT2D eigenvalue weighted by Crippen LogP contribution is 2.35. The first-order valence-corrected chi connectivity index (χ1v) is 13.3. The zero-order chi connectivity index (χ0) is 26.6. The van der Waals surface area contributed by atoms with Crippen molar-refractivity contribution in [1.82, 2.24) is 14.1 Å². The molecular formula is C36H22N4. The minimum atomic E-state index is 0.617. The fourth-order valence-electron chi connectivity index (χ4n) is 6.09. The van der Waals surface area contributed by atoms with Gasteiger partial charge >= 0.3 is 0 Å². The molecule has 0 radical (unpaired) electrons. The molecule has 0 aliphatic rings. The van der Waals surface area contributed by atoms with Crippen molar-refractivity contribution in [2.24, 2.45) is 0 Å². The molecule has 0 aliphatic heterocycles. The van der Waals surface area contributed by atoms with Crippen molar-refractivity contribution >= 4 is 43.6 Å². The van der Waals surface area contributed by atoms with Crippen molar-refractivity contribution in [1.29, 1.82) is 5.26 Å². The molecule has 0 bridgehead atoms. The summed E-state index contributed by atoms with van der Waals surface area (Å²) in [6.07, 6.45) is 3.77. The Morgan fingerprint density at radius 2 is 1.00 bits per heavy atom. The van der Waals surface area contributed by atoms with Crippen molar-refractivity contribution in [2.75, 3.05) is 0 Å². The molecular weight excluding hydrogens is 488 g/mol. The number of hydrogen-bond donors (Lipinski definition) is 0. The van der Waals surface area contributed by atoms with Crippen LogP contribution in [0.1, 0.15) is 5.56 Å². The lowest BCUT2D eigenvalue weighted by Gasteiger charge is -2.13. The van der Waals surface area contributed by atoms with Crippen LogP contribution in [0.2, 0.25) is 0 Å². The molecule has 0 amide bonds. The fourth-order valence-corrected chi connectivity index (χ4v) is 6.09. The van der Waals surface area contributed by atoms with Gasteiger partial charge in [-0.2, -0.15) is 5.26 Å². The molecule has 8 aromatic rings. The van der Waals surface area contributed by atoms with E-state index in [1.54, 1.807) is 0 Å². The molecule has 40 heavy (non-hydrogen) atoms. The summed E-state index contributed by atoms with van der Waals surface area (Å²) in [6.45, 7) is 0. The average Bonchev–Trinajstić information content (AvgIpc) is 3.54. The number of pyridine rings is 1. The van der Waals surface area contributed by atoms with Crippen LogP contribution >= 0.6 is 0 Å². The maximum atomic E-state index is 10.3. The summed E-state index contributed by atoms with van der Waals surface area (Å²) in [6, 6.07) is 44.4. The van der Waals surface area contributed by atoms with E-state index in [1.807, 2.05) is 30.6 Å². The molecule has 0 spiro atoms. The lowest BCUT2D eigenvalue weighted by molar-refractivity contribution is 1.14. The standard InChI is InChI=1S/C36H22N4/c37-21-25-19-24(17-18-32(25)40-35-15-7-3-11-30(35)31-12-4-8-16-36(31)40)26-20-27(23-38-22-26)39-33-13-5-1-9-28(33)29-10-2-6-14-34(29)39/h1-20,22-23H. The highest BCUT2D eigenvalue weighted by Gasteiger charge is 2.16. The third-order valence-electron chi connectivity index (χ3n) is 7.83. The van der Waals surface area contributed by atoms with Gasteiger partial charge in [-0.3, -0.25) is 4.98 Å². The molecule has 0 aliphatic carbocycles. The van der Waals surface area contributed by atoms with Crippen LogP contribution in [-0.4, -0.2) is 14.1 Å². The first-order chi connectivity index (χ1) is 19.8. The number of aromatic nitrogens is 3. The Morgan fingerprint density at radius 1 is 0.500 bits per heavy atom. The zero-order valence-electron chi connectivity index (χ0n) is 21.5. The number of nitrogens with zero attached hydrogens (tertiary/aromatic N) is 4. The van der Waals surface area contributed by atoms with Gasteiger partial charge in [-0.05, 0) is 48.0 Å². The Balaban J connectivity index is 1.30. The number of benzene rings is 5. The van der Waals surface area contributed by atoms with Crippen LogP contribution in [0.4, 0.5) is 0 Å². The van der Waals surface area contributed by atoms with Crippen molar-refractivity contribution in [3.05, 3.63) is 139 Å². The van der Waals surface area contributed by atoms with Crippen LogP contribution in [0.3, 0.4) is 0 Å². The van der Waals surface area contributed by atoms with E-state index in [9.17, 15) is 5.26 Å². The fraction of sp³-hybridized carbons (Fsp3) is 0. The number of para-hydroxylation sites is 4. The Kier molecular flexibility index (Phi) is 4.85. The predicted molar refractivity (Wildman–Crippen MR) is 163 cm³/mol. The van der Waals surface area contributed by atoms with E-state index in [0.29, 0.717) is 5.56 Å².